The molecule has 22 heavy (non-hydrogen) atoms. The van der Waals surface area contributed by atoms with Crippen molar-refractivity contribution in [2.45, 2.75) is 38.0 Å². The highest BCUT2D eigenvalue weighted by molar-refractivity contribution is 6.01. The molecule has 0 unspecified atom stereocenters. The van der Waals surface area contributed by atoms with Gasteiger partial charge in [-0.3, -0.25) is 9.59 Å². The Bertz CT molecular complexity index is 577. The standard InChI is InChI=1S/C18H22O4/c1-21-16(19)18(17(20)22-2)11-5-8-15(18)14-10-9-12-6-3-4-7-13(12)14/h3-4,6-7,14-15H,5,8-11H2,1-2H3/t14-,15-/m1/s1. The highest BCUT2D eigenvalue weighted by Gasteiger charge is 2.59. The highest BCUT2D eigenvalue weighted by atomic mass is 16.5. The monoisotopic (exact) mass is 302 g/mol. The van der Waals surface area contributed by atoms with Gasteiger partial charge in [-0.1, -0.05) is 30.7 Å². The van der Waals surface area contributed by atoms with Crippen molar-refractivity contribution in [3.8, 4) is 0 Å². The number of hydrogen-bond donors (Lipinski definition) is 0. The second-order valence-corrected chi connectivity index (χ2v) is 6.30. The van der Waals surface area contributed by atoms with Crippen LogP contribution in [0.5, 0.6) is 0 Å². The first-order valence-electron chi connectivity index (χ1n) is 7.89. The van der Waals surface area contributed by atoms with Crippen molar-refractivity contribution in [1.29, 1.82) is 0 Å². The fourth-order valence-corrected chi connectivity index (χ4v) is 4.54. The first-order valence-corrected chi connectivity index (χ1v) is 7.89. The van der Waals surface area contributed by atoms with E-state index in [9.17, 15) is 9.59 Å². The fourth-order valence-electron chi connectivity index (χ4n) is 4.54. The van der Waals surface area contributed by atoms with Crippen molar-refractivity contribution in [2.24, 2.45) is 11.3 Å². The summed E-state index contributed by atoms with van der Waals surface area (Å²) < 4.78 is 10.00. The molecule has 0 N–H and O–H groups in total. The molecule has 0 amide bonds. The molecule has 4 nitrogen and oxygen atoms in total. The van der Waals surface area contributed by atoms with Gasteiger partial charge in [0.25, 0.3) is 0 Å². The molecule has 1 aromatic rings. The Labute approximate surface area is 130 Å². The normalized spacial score (nSPS) is 25.5. The number of methoxy groups -OCH3 is 2. The molecule has 1 fully saturated rings. The van der Waals surface area contributed by atoms with E-state index in [4.69, 9.17) is 9.47 Å². The van der Waals surface area contributed by atoms with E-state index in [2.05, 4.69) is 12.1 Å². The molecule has 118 valence electrons. The summed E-state index contributed by atoms with van der Waals surface area (Å²) in [6, 6.07) is 8.35. The maximum absolute atomic E-state index is 12.5. The molecule has 0 saturated heterocycles. The topological polar surface area (TPSA) is 52.6 Å². The maximum atomic E-state index is 12.5. The van der Waals surface area contributed by atoms with E-state index in [1.54, 1.807) is 0 Å². The van der Waals surface area contributed by atoms with Gasteiger partial charge in [0.2, 0.25) is 0 Å². The molecule has 4 heteroatoms. The summed E-state index contributed by atoms with van der Waals surface area (Å²) in [6.45, 7) is 0. The lowest BCUT2D eigenvalue weighted by Gasteiger charge is -2.34. The molecule has 1 saturated carbocycles. The van der Waals surface area contributed by atoms with E-state index in [0.717, 1.165) is 25.7 Å². The van der Waals surface area contributed by atoms with Crippen LogP contribution in [0, 0.1) is 11.3 Å². The van der Waals surface area contributed by atoms with Crippen molar-refractivity contribution in [3.63, 3.8) is 0 Å². The van der Waals surface area contributed by atoms with Crippen LogP contribution in [0.3, 0.4) is 0 Å². The van der Waals surface area contributed by atoms with Crippen LogP contribution in [0.2, 0.25) is 0 Å². The molecule has 2 aliphatic carbocycles. The minimum absolute atomic E-state index is 0.0314. The SMILES string of the molecule is COC(=O)C1(C(=O)OC)CCC[C@@H]1[C@@H]1CCc2ccccc21. The third kappa shape index (κ3) is 2.04. The van der Waals surface area contributed by atoms with Crippen molar-refractivity contribution >= 4 is 11.9 Å². The van der Waals surface area contributed by atoms with Gasteiger partial charge < -0.3 is 9.47 Å². The Morgan fingerprint density at radius 3 is 2.45 bits per heavy atom. The number of rotatable bonds is 3. The van der Waals surface area contributed by atoms with Crippen LogP contribution in [0.1, 0.15) is 42.7 Å². The van der Waals surface area contributed by atoms with Crippen molar-refractivity contribution in [3.05, 3.63) is 35.4 Å². The van der Waals surface area contributed by atoms with Crippen LogP contribution in [0.4, 0.5) is 0 Å². The summed E-state index contributed by atoms with van der Waals surface area (Å²) in [5.74, 6) is -0.676. The number of benzene rings is 1. The molecule has 0 aliphatic heterocycles. The van der Waals surface area contributed by atoms with Gasteiger partial charge in [-0.05, 0) is 48.6 Å². The molecule has 0 heterocycles. The molecular formula is C18H22O4. The lowest BCUT2D eigenvalue weighted by molar-refractivity contribution is -0.173. The van der Waals surface area contributed by atoms with Crippen molar-refractivity contribution < 1.29 is 19.1 Å². The number of aryl methyl sites for hydroxylation is 1. The van der Waals surface area contributed by atoms with E-state index in [1.807, 2.05) is 12.1 Å². The number of hydrogen-bond acceptors (Lipinski definition) is 4. The average molecular weight is 302 g/mol. The molecule has 0 bridgehead atoms. The zero-order chi connectivity index (χ0) is 15.7. The third-order valence-corrected chi connectivity index (χ3v) is 5.48. The lowest BCUT2D eigenvalue weighted by atomic mass is 9.69. The van der Waals surface area contributed by atoms with E-state index >= 15 is 0 Å². The van der Waals surface area contributed by atoms with Crippen LogP contribution in [-0.4, -0.2) is 26.2 Å². The number of carbonyl (C=O) groups excluding carboxylic acids is 2. The van der Waals surface area contributed by atoms with E-state index in [-0.39, 0.29) is 11.8 Å². The molecule has 1 aromatic carbocycles. The van der Waals surface area contributed by atoms with E-state index < -0.39 is 17.4 Å². The second kappa shape index (κ2) is 5.75. The van der Waals surface area contributed by atoms with Crippen LogP contribution in [-0.2, 0) is 25.5 Å². The van der Waals surface area contributed by atoms with Gasteiger partial charge in [-0.25, -0.2) is 0 Å². The van der Waals surface area contributed by atoms with Crippen LogP contribution in [0.15, 0.2) is 24.3 Å². The Balaban J connectivity index is 2.02. The number of esters is 2. The zero-order valence-corrected chi connectivity index (χ0v) is 13.1. The summed E-state index contributed by atoms with van der Waals surface area (Å²) in [5.41, 5.74) is 1.49. The fraction of sp³-hybridized carbons (Fsp3) is 0.556. The van der Waals surface area contributed by atoms with Gasteiger partial charge in [0.1, 0.15) is 0 Å². The molecule has 0 radical (unpaired) electrons. The Hall–Kier alpha value is -1.84. The quantitative estimate of drug-likeness (QED) is 0.636. The molecule has 2 aliphatic rings. The largest absolute Gasteiger partial charge is 0.468 e. The summed E-state index contributed by atoms with van der Waals surface area (Å²) in [4.78, 5) is 25.0. The minimum atomic E-state index is -1.13. The van der Waals surface area contributed by atoms with Gasteiger partial charge in [0, 0.05) is 0 Å². The predicted octanol–water partition coefficient (Wildman–Crippen LogP) is 2.85. The highest BCUT2D eigenvalue weighted by Crippen LogP contribution is 2.55. The summed E-state index contributed by atoms with van der Waals surface area (Å²) >= 11 is 0. The van der Waals surface area contributed by atoms with Gasteiger partial charge in [-0.2, -0.15) is 0 Å². The summed E-state index contributed by atoms with van der Waals surface area (Å²) in [5, 5.41) is 0. The van der Waals surface area contributed by atoms with Crippen LogP contribution in [0.25, 0.3) is 0 Å². The first-order chi connectivity index (χ1) is 10.6. The Kier molecular flexibility index (Phi) is 3.94. The molecule has 2 atom stereocenters. The summed E-state index contributed by atoms with van der Waals surface area (Å²) in [6.07, 6.45) is 4.24. The number of ether oxygens (including phenoxy) is 2. The smallest absolute Gasteiger partial charge is 0.323 e. The molecule has 3 rings (SSSR count). The van der Waals surface area contributed by atoms with Crippen LogP contribution >= 0.6 is 0 Å². The minimum Gasteiger partial charge on any atom is -0.468 e. The van der Waals surface area contributed by atoms with Gasteiger partial charge >= 0.3 is 11.9 Å². The second-order valence-electron chi connectivity index (χ2n) is 6.30. The van der Waals surface area contributed by atoms with Crippen LogP contribution < -0.4 is 0 Å². The predicted molar refractivity (Wildman–Crippen MR) is 81.3 cm³/mol. The molecule has 0 aromatic heterocycles. The van der Waals surface area contributed by atoms with Crippen molar-refractivity contribution in [2.75, 3.05) is 14.2 Å². The Morgan fingerprint density at radius 1 is 1.09 bits per heavy atom. The molecular weight excluding hydrogens is 280 g/mol. The number of carbonyl (C=O) groups is 2. The Morgan fingerprint density at radius 2 is 1.77 bits per heavy atom. The van der Waals surface area contributed by atoms with Crippen molar-refractivity contribution in [1.82, 2.24) is 0 Å². The van der Waals surface area contributed by atoms with E-state index in [0.29, 0.717) is 6.42 Å². The summed E-state index contributed by atoms with van der Waals surface area (Å²) in [7, 11) is 2.70. The molecule has 0 spiro atoms. The lowest BCUT2D eigenvalue weighted by Crippen LogP contribution is -2.45. The van der Waals surface area contributed by atoms with Gasteiger partial charge in [-0.15, -0.1) is 0 Å². The van der Waals surface area contributed by atoms with E-state index in [1.165, 1.54) is 25.3 Å². The van der Waals surface area contributed by atoms with Gasteiger partial charge in [0.15, 0.2) is 5.41 Å². The first kappa shape index (κ1) is 15.1. The average Bonchev–Trinajstić information content (AvgIpc) is 3.17. The maximum Gasteiger partial charge on any atom is 0.323 e. The van der Waals surface area contributed by atoms with Gasteiger partial charge in [0.05, 0.1) is 14.2 Å². The zero-order valence-electron chi connectivity index (χ0n) is 13.1. The third-order valence-electron chi connectivity index (χ3n) is 5.48. The number of fused-ring (bicyclic) bond motifs is 1.